The zero-order valence-corrected chi connectivity index (χ0v) is 8.99. The first-order chi connectivity index (χ1) is 7.40. The van der Waals surface area contributed by atoms with E-state index in [1.807, 2.05) is 12.1 Å². The van der Waals surface area contributed by atoms with Crippen LogP contribution in [-0.4, -0.2) is 31.2 Å². The minimum absolute atomic E-state index is 0.483. The van der Waals surface area contributed by atoms with Crippen molar-refractivity contribution in [3.8, 4) is 5.88 Å². The van der Waals surface area contributed by atoms with E-state index in [9.17, 15) is 0 Å². The van der Waals surface area contributed by atoms with E-state index in [0.29, 0.717) is 11.9 Å². The van der Waals surface area contributed by atoms with E-state index in [-0.39, 0.29) is 0 Å². The molecule has 1 aliphatic heterocycles. The zero-order valence-electron chi connectivity index (χ0n) is 8.99. The molecule has 0 saturated carbocycles. The third-order valence-corrected chi connectivity index (χ3v) is 2.62. The second kappa shape index (κ2) is 4.98. The van der Waals surface area contributed by atoms with Crippen LogP contribution in [0.25, 0.3) is 0 Å². The Bertz CT molecular complexity index is 310. The Morgan fingerprint density at radius 2 is 2.53 bits per heavy atom. The van der Waals surface area contributed by atoms with Crippen molar-refractivity contribution in [3.63, 3.8) is 0 Å². The van der Waals surface area contributed by atoms with Crippen molar-refractivity contribution in [2.45, 2.75) is 18.9 Å². The van der Waals surface area contributed by atoms with Gasteiger partial charge in [0.15, 0.2) is 0 Å². The minimum atomic E-state index is 0.483. The molecule has 4 heteroatoms. The SMILES string of the molecule is COc1ncccc1NC1CCCNC1. The number of nitrogens with one attached hydrogen (secondary N) is 2. The Balaban J connectivity index is 2.02. The normalized spacial score (nSPS) is 21.0. The molecule has 4 nitrogen and oxygen atoms in total. The topological polar surface area (TPSA) is 46.2 Å². The van der Waals surface area contributed by atoms with Crippen LogP contribution in [0.2, 0.25) is 0 Å². The van der Waals surface area contributed by atoms with E-state index in [2.05, 4.69) is 15.6 Å². The molecule has 1 aromatic rings. The molecule has 2 rings (SSSR count). The second-order valence-electron chi connectivity index (χ2n) is 3.75. The van der Waals surface area contributed by atoms with Gasteiger partial charge in [-0.25, -0.2) is 4.98 Å². The van der Waals surface area contributed by atoms with Crippen LogP contribution >= 0.6 is 0 Å². The first-order valence-electron chi connectivity index (χ1n) is 5.36. The molecule has 15 heavy (non-hydrogen) atoms. The molecule has 2 heterocycles. The summed E-state index contributed by atoms with van der Waals surface area (Å²) in [6.07, 6.45) is 4.16. The molecule has 1 atom stereocenters. The van der Waals surface area contributed by atoms with Crippen LogP contribution in [0, 0.1) is 0 Å². The van der Waals surface area contributed by atoms with Crippen molar-refractivity contribution in [1.82, 2.24) is 10.3 Å². The van der Waals surface area contributed by atoms with E-state index < -0.39 is 0 Å². The van der Waals surface area contributed by atoms with Crippen molar-refractivity contribution in [1.29, 1.82) is 0 Å². The molecule has 0 aromatic carbocycles. The van der Waals surface area contributed by atoms with Gasteiger partial charge in [-0.1, -0.05) is 0 Å². The van der Waals surface area contributed by atoms with E-state index in [1.165, 1.54) is 12.8 Å². The van der Waals surface area contributed by atoms with Crippen LogP contribution in [0.1, 0.15) is 12.8 Å². The molecule has 0 bridgehead atoms. The molecule has 1 fully saturated rings. The molecule has 0 amide bonds. The van der Waals surface area contributed by atoms with Crippen molar-refractivity contribution >= 4 is 5.69 Å². The van der Waals surface area contributed by atoms with Gasteiger partial charge in [-0.2, -0.15) is 0 Å². The lowest BCUT2D eigenvalue weighted by molar-refractivity contribution is 0.397. The highest BCUT2D eigenvalue weighted by Crippen LogP contribution is 2.21. The van der Waals surface area contributed by atoms with Gasteiger partial charge in [0.05, 0.1) is 12.8 Å². The third-order valence-electron chi connectivity index (χ3n) is 2.62. The molecule has 1 saturated heterocycles. The average Bonchev–Trinajstić information content (AvgIpc) is 2.31. The van der Waals surface area contributed by atoms with Crippen molar-refractivity contribution in [2.75, 3.05) is 25.5 Å². The Kier molecular flexibility index (Phi) is 3.40. The lowest BCUT2D eigenvalue weighted by Gasteiger charge is -2.25. The lowest BCUT2D eigenvalue weighted by Crippen LogP contribution is -2.38. The van der Waals surface area contributed by atoms with Gasteiger partial charge in [0, 0.05) is 18.8 Å². The summed E-state index contributed by atoms with van der Waals surface area (Å²) in [6, 6.07) is 4.40. The summed E-state index contributed by atoms with van der Waals surface area (Å²) in [5.41, 5.74) is 0.980. The quantitative estimate of drug-likeness (QED) is 0.783. The Morgan fingerprint density at radius 3 is 3.27 bits per heavy atom. The van der Waals surface area contributed by atoms with E-state index in [0.717, 1.165) is 18.8 Å². The predicted octanol–water partition coefficient (Wildman–Crippen LogP) is 1.25. The number of ether oxygens (including phenoxy) is 1. The summed E-state index contributed by atoms with van der Waals surface area (Å²) >= 11 is 0. The summed E-state index contributed by atoms with van der Waals surface area (Å²) in [6.45, 7) is 2.14. The fraction of sp³-hybridized carbons (Fsp3) is 0.545. The molecule has 1 unspecified atom stereocenters. The summed E-state index contributed by atoms with van der Waals surface area (Å²) in [5, 5.41) is 6.82. The van der Waals surface area contributed by atoms with Crippen LogP contribution in [0.15, 0.2) is 18.3 Å². The van der Waals surface area contributed by atoms with Gasteiger partial charge in [0.1, 0.15) is 0 Å². The number of pyridine rings is 1. The van der Waals surface area contributed by atoms with Crippen LogP contribution < -0.4 is 15.4 Å². The van der Waals surface area contributed by atoms with Crippen LogP contribution in [0.5, 0.6) is 5.88 Å². The molecule has 0 aliphatic carbocycles. The first kappa shape index (κ1) is 10.2. The maximum Gasteiger partial charge on any atom is 0.237 e. The maximum atomic E-state index is 5.19. The maximum absolute atomic E-state index is 5.19. The van der Waals surface area contributed by atoms with Crippen molar-refractivity contribution < 1.29 is 4.74 Å². The number of rotatable bonds is 3. The summed E-state index contributed by atoms with van der Waals surface area (Å²) in [7, 11) is 1.65. The second-order valence-corrected chi connectivity index (χ2v) is 3.75. The van der Waals surface area contributed by atoms with Crippen LogP contribution in [-0.2, 0) is 0 Å². The third kappa shape index (κ3) is 2.59. The lowest BCUT2D eigenvalue weighted by atomic mass is 10.1. The average molecular weight is 207 g/mol. The van der Waals surface area contributed by atoms with Gasteiger partial charge in [-0.05, 0) is 31.5 Å². The molecule has 0 spiro atoms. The predicted molar refractivity (Wildman–Crippen MR) is 60.3 cm³/mol. The summed E-state index contributed by atoms with van der Waals surface area (Å²) in [5.74, 6) is 0.670. The highest BCUT2D eigenvalue weighted by molar-refractivity contribution is 5.52. The number of nitrogens with zero attached hydrogens (tertiary/aromatic N) is 1. The number of hydrogen-bond donors (Lipinski definition) is 2. The molecular weight excluding hydrogens is 190 g/mol. The monoisotopic (exact) mass is 207 g/mol. The largest absolute Gasteiger partial charge is 0.480 e. The van der Waals surface area contributed by atoms with Gasteiger partial charge in [-0.15, -0.1) is 0 Å². The molecular formula is C11H17N3O. The van der Waals surface area contributed by atoms with E-state index >= 15 is 0 Å². The molecule has 0 radical (unpaired) electrons. The Morgan fingerprint density at radius 1 is 1.60 bits per heavy atom. The first-order valence-corrected chi connectivity index (χ1v) is 5.36. The van der Waals surface area contributed by atoms with Gasteiger partial charge < -0.3 is 15.4 Å². The van der Waals surface area contributed by atoms with Crippen LogP contribution in [0.4, 0.5) is 5.69 Å². The summed E-state index contributed by atoms with van der Waals surface area (Å²) < 4.78 is 5.19. The smallest absolute Gasteiger partial charge is 0.237 e. The number of piperidine rings is 1. The molecule has 82 valence electrons. The molecule has 2 N–H and O–H groups in total. The Hall–Kier alpha value is -1.29. The standard InChI is InChI=1S/C11H17N3O/c1-15-11-10(5-3-7-13-11)14-9-4-2-6-12-8-9/h3,5,7,9,12,14H,2,4,6,8H2,1H3. The highest BCUT2D eigenvalue weighted by Gasteiger charge is 2.14. The number of anilines is 1. The summed E-state index contributed by atoms with van der Waals surface area (Å²) in [4.78, 5) is 4.16. The van der Waals surface area contributed by atoms with Crippen molar-refractivity contribution in [3.05, 3.63) is 18.3 Å². The highest BCUT2D eigenvalue weighted by atomic mass is 16.5. The van der Waals surface area contributed by atoms with Gasteiger partial charge in [0.2, 0.25) is 5.88 Å². The molecule has 1 aromatic heterocycles. The van der Waals surface area contributed by atoms with Gasteiger partial charge in [0.25, 0.3) is 0 Å². The number of aromatic nitrogens is 1. The van der Waals surface area contributed by atoms with Gasteiger partial charge >= 0.3 is 0 Å². The molecule has 1 aliphatic rings. The van der Waals surface area contributed by atoms with E-state index in [1.54, 1.807) is 13.3 Å². The van der Waals surface area contributed by atoms with Crippen molar-refractivity contribution in [2.24, 2.45) is 0 Å². The van der Waals surface area contributed by atoms with E-state index in [4.69, 9.17) is 4.74 Å². The zero-order chi connectivity index (χ0) is 10.5. The van der Waals surface area contributed by atoms with Gasteiger partial charge in [-0.3, -0.25) is 0 Å². The fourth-order valence-corrected chi connectivity index (χ4v) is 1.86. The van der Waals surface area contributed by atoms with Crippen LogP contribution in [0.3, 0.4) is 0 Å². The number of methoxy groups -OCH3 is 1. The Labute approximate surface area is 90.0 Å². The minimum Gasteiger partial charge on any atom is -0.480 e. The fourth-order valence-electron chi connectivity index (χ4n) is 1.86. The number of hydrogen-bond acceptors (Lipinski definition) is 4.